The van der Waals surface area contributed by atoms with Gasteiger partial charge >= 0.3 is 0 Å². The van der Waals surface area contributed by atoms with Crippen LogP contribution >= 0.6 is 0 Å². The van der Waals surface area contributed by atoms with E-state index in [1.807, 2.05) is 19.1 Å². The van der Waals surface area contributed by atoms with E-state index < -0.39 is 0 Å². The molecule has 0 bridgehead atoms. The lowest BCUT2D eigenvalue weighted by atomic mass is 10.0. The van der Waals surface area contributed by atoms with Crippen LogP contribution in [0.2, 0.25) is 0 Å². The Bertz CT molecular complexity index is 354. The van der Waals surface area contributed by atoms with Crippen LogP contribution in [-0.4, -0.2) is 10.9 Å². The van der Waals surface area contributed by atoms with Crippen molar-refractivity contribution in [1.29, 1.82) is 0 Å². The molecule has 0 heterocycles. The average molecular weight is 247 g/mol. The van der Waals surface area contributed by atoms with Crippen LogP contribution in [0.1, 0.15) is 63.5 Å². The Morgan fingerprint density at radius 1 is 1.00 bits per heavy atom. The summed E-state index contributed by atoms with van der Waals surface area (Å²) in [5.41, 5.74) is 3.03. The summed E-state index contributed by atoms with van der Waals surface area (Å²) in [5, 5.41) is 11.9. The van der Waals surface area contributed by atoms with Crippen molar-refractivity contribution in [2.45, 2.75) is 58.8 Å². The summed E-state index contributed by atoms with van der Waals surface area (Å²) < 4.78 is 0. The summed E-state index contributed by atoms with van der Waals surface area (Å²) in [5.74, 6) is 0. The van der Waals surface area contributed by atoms with Crippen LogP contribution < -0.4 is 0 Å². The summed E-state index contributed by atoms with van der Waals surface area (Å²) in [7, 11) is 0. The first-order chi connectivity index (χ1) is 8.77. The van der Waals surface area contributed by atoms with E-state index in [2.05, 4.69) is 24.2 Å². The molecular weight excluding hydrogens is 222 g/mol. The Kier molecular flexibility index (Phi) is 7.16. The SMILES string of the molecule is CCCCCCCCc1ccc(C(C)=NO)cc1. The van der Waals surface area contributed by atoms with Crippen LogP contribution in [0.4, 0.5) is 0 Å². The zero-order valence-electron chi connectivity index (χ0n) is 11.7. The van der Waals surface area contributed by atoms with Gasteiger partial charge in [-0.05, 0) is 30.9 Å². The van der Waals surface area contributed by atoms with Crippen LogP contribution in [0.15, 0.2) is 29.4 Å². The number of nitrogens with zero attached hydrogens (tertiary/aromatic N) is 1. The van der Waals surface area contributed by atoms with Crippen LogP contribution in [0.3, 0.4) is 0 Å². The van der Waals surface area contributed by atoms with Crippen LogP contribution in [0, 0.1) is 0 Å². The van der Waals surface area contributed by atoms with Gasteiger partial charge in [0.15, 0.2) is 0 Å². The minimum Gasteiger partial charge on any atom is -0.411 e. The van der Waals surface area contributed by atoms with E-state index >= 15 is 0 Å². The standard InChI is InChI=1S/C16H25NO/c1-3-4-5-6-7-8-9-15-10-12-16(13-11-15)14(2)17-18/h10-13,18H,3-9H2,1-2H3. The monoisotopic (exact) mass is 247 g/mol. The van der Waals surface area contributed by atoms with Gasteiger partial charge in [0.25, 0.3) is 0 Å². The average Bonchev–Trinajstić information content (AvgIpc) is 2.42. The van der Waals surface area contributed by atoms with E-state index in [0.717, 1.165) is 12.0 Å². The molecule has 1 aromatic rings. The van der Waals surface area contributed by atoms with Gasteiger partial charge in [-0.2, -0.15) is 0 Å². The molecule has 1 rings (SSSR count). The van der Waals surface area contributed by atoms with Crippen molar-refractivity contribution in [2.24, 2.45) is 5.16 Å². The molecule has 0 aliphatic rings. The number of aryl methyl sites for hydroxylation is 1. The largest absolute Gasteiger partial charge is 0.411 e. The second-order valence-electron chi connectivity index (χ2n) is 4.90. The summed E-state index contributed by atoms with van der Waals surface area (Å²) in [6, 6.07) is 8.33. The molecule has 0 atom stereocenters. The van der Waals surface area contributed by atoms with Gasteiger partial charge in [0.1, 0.15) is 0 Å². The molecule has 0 radical (unpaired) electrons. The maximum Gasteiger partial charge on any atom is 0.0836 e. The van der Waals surface area contributed by atoms with Gasteiger partial charge in [0.05, 0.1) is 5.71 Å². The molecule has 2 nitrogen and oxygen atoms in total. The Balaban J connectivity index is 2.27. The third kappa shape index (κ3) is 5.35. The predicted octanol–water partition coefficient (Wildman–Crippen LogP) is 4.79. The highest BCUT2D eigenvalue weighted by atomic mass is 16.4. The minimum atomic E-state index is 0.668. The van der Waals surface area contributed by atoms with Gasteiger partial charge in [-0.3, -0.25) is 0 Å². The lowest BCUT2D eigenvalue weighted by Gasteiger charge is -2.04. The molecule has 1 aromatic carbocycles. The van der Waals surface area contributed by atoms with E-state index in [9.17, 15) is 0 Å². The highest BCUT2D eigenvalue weighted by Gasteiger charge is 1.98. The summed E-state index contributed by atoms with van der Waals surface area (Å²) in [4.78, 5) is 0. The molecule has 0 unspecified atom stereocenters. The topological polar surface area (TPSA) is 32.6 Å². The third-order valence-corrected chi connectivity index (χ3v) is 3.34. The number of benzene rings is 1. The molecule has 2 heteroatoms. The van der Waals surface area contributed by atoms with Crippen LogP contribution in [-0.2, 0) is 6.42 Å². The zero-order valence-corrected chi connectivity index (χ0v) is 11.7. The number of oxime groups is 1. The zero-order chi connectivity index (χ0) is 13.2. The first kappa shape index (κ1) is 14.7. The van der Waals surface area contributed by atoms with Crippen molar-refractivity contribution in [2.75, 3.05) is 0 Å². The molecule has 100 valence electrons. The number of rotatable bonds is 8. The fraction of sp³-hybridized carbons (Fsp3) is 0.562. The maximum absolute atomic E-state index is 8.69. The summed E-state index contributed by atoms with van der Waals surface area (Å²) in [6.45, 7) is 4.06. The molecule has 1 N–H and O–H groups in total. The van der Waals surface area contributed by atoms with Gasteiger partial charge in [0.2, 0.25) is 0 Å². The first-order valence-corrected chi connectivity index (χ1v) is 7.06. The second kappa shape index (κ2) is 8.73. The molecule has 0 aromatic heterocycles. The van der Waals surface area contributed by atoms with Gasteiger partial charge in [-0.25, -0.2) is 0 Å². The smallest absolute Gasteiger partial charge is 0.0836 e. The van der Waals surface area contributed by atoms with Crippen molar-refractivity contribution in [3.63, 3.8) is 0 Å². The normalized spacial score (nSPS) is 11.8. The highest BCUT2D eigenvalue weighted by Crippen LogP contribution is 2.11. The van der Waals surface area contributed by atoms with Crippen LogP contribution in [0.25, 0.3) is 0 Å². The van der Waals surface area contributed by atoms with Crippen molar-refractivity contribution >= 4 is 5.71 Å². The lowest BCUT2D eigenvalue weighted by molar-refractivity contribution is 0.319. The Morgan fingerprint density at radius 2 is 1.61 bits per heavy atom. The van der Waals surface area contributed by atoms with E-state index in [-0.39, 0.29) is 0 Å². The predicted molar refractivity (Wildman–Crippen MR) is 77.5 cm³/mol. The molecule has 0 saturated carbocycles. The fourth-order valence-electron chi connectivity index (χ4n) is 2.08. The minimum absolute atomic E-state index is 0.668. The Hall–Kier alpha value is -1.31. The quantitative estimate of drug-likeness (QED) is 0.305. The van der Waals surface area contributed by atoms with Crippen molar-refractivity contribution < 1.29 is 5.21 Å². The van der Waals surface area contributed by atoms with E-state index in [1.54, 1.807) is 0 Å². The Labute approximate surface area is 111 Å². The van der Waals surface area contributed by atoms with E-state index in [4.69, 9.17) is 5.21 Å². The molecule has 0 fully saturated rings. The molecule has 18 heavy (non-hydrogen) atoms. The first-order valence-electron chi connectivity index (χ1n) is 7.06. The molecule has 0 amide bonds. The maximum atomic E-state index is 8.69. The number of hydrogen-bond donors (Lipinski definition) is 1. The van der Waals surface area contributed by atoms with Crippen molar-refractivity contribution in [3.05, 3.63) is 35.4 Å². The van der Waals surface area contributed by atoms with Gasteiger partial charge in [-0.1, -0.05) is 68.4 Å². The second-order valence-corrected chi connectivity index (χ2v) is 4.90. The third-order valence-electron chi connectivity index (χ3n) is 3.34. The molecule has 0 aliphatic heterocycles. The summed E-state index contributed by atoms with van der Waals surface area (Å²) >= 11 is 0. The fourth-order valence-corrected chi connectivity index (χ4v) is 2.08. The summed E-state index contributed by atoms with van der Waals surface area (Å²) in [6.07, 6.45) is 9.18. The van der Waals surface area contributed by atoms with Gasteiger partial charge < -0.3 is 5.21 Å². The van der Waals surface area contributed by atoms with Crippen LogP contribution in [0.5, 0.6) is 0 Å². The molecular formula is C16H25NO. The number of hydrogen-bond acceptors (Lipinski definition) is 2. The molecule has 0 spiro atoms. The molecule has 0 aliphatic carbocycles. The van der Waals surface area contributed by atoms with Gasteiger partial charge in [-0.15, -0.1) is 0 Å². The van der Waals surface area contributed by atoms with Crippen molar-refractivity contribution in [1.82, 2.24) is 0 Å². The number of unbranched alkanes of at least 4 members (excludes halogenated alkanes) is 5. The molecule has 0 saturated heterocycles. The van der Waals surface area contributed by atoms with E-state index in [0.29, 0.717) is 5.71 Å². The lowest BCUT2D eigenvalue weighted by Crippen LogP contribution is -1.95. The van der Waals surface area contributed by atoms with Gasteiger partial charge in [0, 0.05) is 0 Å². The Morgan fingerprint density at radius 3 is 2.22 bits per heavy atom. The highest BCUT2D eigenvalue weighted by molar-refractivity contribution is 5.98. The van der Waals surface area contributed by atoms with Crippen molar-refractivity contribution in [3.8, 4) is 0 Å². The van der Waals surface area contributed by atoms with E-state index in [1.165, 1.54) is 44.1 Å².